The normalized spacial score (nSPS) is 11.9. The average molecular weight is 496 g/mol. The molecule has 1 atom stereocenters. The number of carbonyl (C=O) groups is 2. The minimum atomic E-state index is -0.436. The fraction of sp³-hybridized carbons (Fsp3) is 0.200. The van der Waals surface area contributed by atoms with Crippen molar-refractivity contribution in [3.63, 3.8) is 0 Å². The van der Waals surface area contributed by atoms with Gasteiger partial charge in [0.25, 0.3) is 0 Å². The number of hydrogen-bond acceptors (Lipinski definition) is 7. The minimum absolute atomic E-state index is 0.196. The first-order chi connectivity index (χ1) is 16.5. The third-order valence-corrected chi connectivity index (χ3v) is 7.30. The van der Waals surface area contributed by atoms with Crippen LogP contribution in [0, 0.1) is 5.82 Å². The van der Waals surface area contributed by atoms with E-state index in [0.29, 0.717) is 22.7 Å². The highest BCUT2D eigenvalue weighted by Gasteiger charge is 2.22. The van der Waals surface area contributed by atoms with E-state index in [4.69, 9.17) is 4.74 Å². The van der Waals surface area contributed by atoms with Gasteiger partial charge in [-0.2, -0.15) is 0 Å². The molecule has 0 bridgehead atoms. The zero-order chi connectivity index (χ0) is 24.1. The molecule has 0 aliphatic heterocycles. The summed E-state index contributed by atoms with van der Waals surface area (Å²) in [6.45, 7) is 3.95. The molecule has 0 aliphatic rings. The second kappa shape index (κ2) is 10.8. The van der Waals surface area contributed by atoms with Crippen LogP contribution in [0.5, 0.6) is 0 Å². The van der Waals surface area contributed by atoms with E-state index in [1.54, 1.807) is 43.3 Å². The molecule has 1 amide bonds. The largest absolute Gasteiger partial charge is 0.462 e. The number of aromatic nitrogens is 2. The van der Waals surface area contributed by atoms with Gasteiger partial charge in [-0.05, 0) is 49.2 Å². The number of rotatable bonds is 8. The number of anilines is 1. The highest BCUT2D eigenvalue weighted by Crippen LogP contribution is 2.39. The first-order valence-corrected chi connectivity index (χ1v) is 12.5. The van der Waals surface area contributed by atoms with Gasteiger partial charge in [-0.15, -0.1) is 11.3 Å². The van der Waals surface area contributed by atoms with E-state index in [2.05, 4.69) is 15.3 Å². The number of thioether (sulfide) groups is 1. The molecule has 1 unspecified atom stereocenters. The Bertz CT molecular complexity index is 1320. The van der Waals surface area contributed by atoms with Gasteiger partial charge >= 0.3 is 5.97 Å². The Hall–Kier alpha value is -3.30. The molecule has 0 saturated carbocycles. The van der Waals surface area contributed by atoms with Gasteiger partial charge in [0, 0.05) is 16.6 Å². The summed E-state index contributed by atoms with van der Waals surface area (Å²) in [4.78, 5) is 34.7. The fourth-order valence-corrected chi connectivity index (χ4v) is 5.41. The maximum atomic E-state index is 13.4. The van der Waals surface area contributed by atoms with Crippen LogP contribution in [0.2, 0.25) is 0 Å². The first kappa shape index (κ1) is 23.8. The first-order valence-electron chi connectivity index (χ1n) is 10.7. The van der Waals surface area contributed by atoms with Crippen LogP contribution in [0.1, 0.15) is 30.6 Å². The lowest BCUT2D eigenvalue weighted by molar-refractivity contribution is -0.115. The van der Waals surface area contributed by atoms with Crippen molar-refractivity contribution in [3.05, 3.63) is 71.6 Å². The zero-order valence-corrected chi connectivity index (χ0v) is 20.2. The predicted molar refractivity (Wildman–Crippen MR) is 134 cm³/mol. The highest BCUT2D eigenvalue weighted by atomic mass is 32.2. The summed E-state index contributed by atoms with van der Waals surface area (Å²) in [5.74, 6) is -0.933. The number of halogens is 1. The number of amides is 1. The molecule has 2 heterocycles. The van der Waals surface area contributed by atoms with Gasteiger partial charge in [0.2, 0.25) is 5.91 Å². The van der Waals surface area contributed by atoms with Gasteiger partial charge in [-0.3, -0.25) is 4.79 Å². The van der Waals surface area contributed by atoms with E-state index >= 15 is 0 Å². The molecular formula is C25H22FN3O3S2. The molecule has 0 saturated heterocycles. The van der Waals surface area contributed by atoms with Crippen molar-refractivity contribution >= 4 is 50.9 Å². The summed E-state index contributed by atoms with van der Waals surface area (Å²) >= 11 is 2.84. The van der Waals surface area contributed by atoms with Crippen LogP contribution in [-0.2, 0) is 9.53 Å². The van der Waals surface area contributed by atoms with Crippen LogP contribution >= 0.6 is 23.1 Å². The molecule has 0 aliphatic carbocycles. The second-order valence-corrected chi connectivity index (χ2v) is 9.37. The van der Waals surface area contributed by atoms with Crippen LogP contribution in [0.15, 0.2) is 65.3 Å². The molecule has 6 nitrogen and oxygen atoms in total. The maximum absolute atomic E-state index is 13.4. The van der Waals surface area contributed by atoms with E-state index in [0.717, 1.165) is 21.3 Å². The number of nitrogens with zero attached hydrogens (tertiary/aromatic N) is 2. The Balaban J connectivity index is 1.58. The highest BCUT2D eigenvalue weighted by molar-refractivity contribution is 8.00. The Morgan fingerprint density at radius 3 is 2.68 bits per heavy atom. The summed E-state index contributed by atoms with van der Waals surface area (Å²) in [5.41, 5.74) is 2.66. The minimum Gasteiger partial charge on any atom is -0.462 e. The van der Waals surface area contributed by atoms with Gasteiger partial charge < -0.3 is 10.1 Å². The third-order valence-electron chi connectivity index (χ3n) is 5.05. The van der Waals surface area contributed by atoms with Crippen molar-refractivity contribution in [2.24, 2.45) is 0 Å². The smallest absolute Gasteiger partial charge is 0.338 e. The lowest BCUT2D eigenvalue weighted by Crippen LogP contribution is -2.24. The predicted octanol–water partition coefficient (Wildman–Crippen LogP) is 6.18. The van der Waals surface area contributed by atoms with Gasteiger partial charge in [-0.1, -0.05) is 36.9 Å². The van der Waals surface area contributed by atoms with Crippen LogP contribution in [0.25, 0.3) is 21.3 Å². The van der Waals surface area contributed by atoms with E-state index in [-0.39, 0.29) is 18.3 Å². The Morgan fingerprint density at radius 1 is 1.15 bits per heavy atom. The molecule has 4 rings (SSSR count). The molecule has 0 spiro atoms. The molecule has 2 aromatic heterocycles. The number of carbonyl (C=O) groups excluding carboxylic acids is 2. The lowest BCUT2D eigenvalue weighted by Gasteiger charge is -2.15. The van der Waals surface area contributed by atoms with Crippen LogP contribution < -0.4 is 5.32 Å². The number of fused-ring (bicyclic) bond motifs is 1. The topological polar surface area (TPSA) is 81.2 Å². The van der Waals surface area contributed by atoms with Crippen LogP contribution in [0.4, 0.5) is 10.1 Å². The van der Waals surface area contributed by atoms with Crippen molar-refractivity contribution in [1.82, 2.24) is 9.97 Å². The van der Waals surface area contributed by atoms with Gasteiger partial charge in [0.05, 0.1) is 22.8 Å². The molecule has 0 radical (unpaired) electrons. The van der Waals surface area contributed by atoms with Crippen molar-refractivity contribution in [1.29, 1.82) is 0 Å². The van der Waals surface area contributed by atoms with E-state index in [9.17, 15) is 14.0 Å². The van der Waals surface area contributed by atoms with Gasteiger partial charge in [0.1, 0.15) is 22.0 Å². The summed E-state index contributed by atoms with van der Waals surface area (Å²) < 4.78 is 18.5. The number of hydrogen-bond donors (Lipinski definition) is 1. The summed E-state index contributed by atoms with van der Waals surface area (Å²) in [6, 6.07) is 12.9. The number of ether oxygens (including phenoxy) is 1. The number of nitrogens with one attached hydrogen (secondary N) is 1. The molecule has 4 aromatic rings. The molecule has 34 heavy (non-hydrogen) atoms. The Kier molecular flexibility index (Phi) is 7.54. The maximum Gasteiger partial charge on any atom is 0.338 e. The monoisotopic (exact) mass is 495 g/mol. The standard InChI is InChI=1S/C25H22FN3O3S2/c1-3-20(22(30)29-18-7-5-6-16(12-18)25(31)32-4-2)34-24-21-19(13-33-23(21)27-14-28-24)15-8-10-17(26)11-9-15/h5-14,20H,3-4H2,1-2H3,(H,29,30). The van der Waals surface area contributed by atoms with Crippen molar-refractivity contribution < 1.29 is 18.7 Å². The summed E-state index contributed by atoms with van der Waals surface area (Å²) in [5, 5.41) is 5.97. The molecule has 174 valence electrons. The van der Waals surface area contributed by atoms with Crippen LogP contribution in [0.3, 0.4) is 0 Å². The molecule has 2 aromatic carbocycles. The SMILES string of the molecule is CCOC(=O)c1cccc(NC(=O)C(CC)Sc2ncnc3scc(-c4ccc(F)cc4)c23)c1. The number of esters is 1. The molecule has 0 fully saturated rings. The molecule has 1 N–H and O–H groups in total. The summed E-state index contributed by atoms with van der Waals surface area (Å²) in [6.07, 6.45) is 2.05. The molecule has 9 heteroatoms. The van der Waals surface area contributed by atoms with Crippen molar-refractivity contribution in [3.8, 4) is 11.1 Å². The Morgan fingerprint density at radius 2 is 1.94 bits per heavy atom. The molecular weight excluding hydrogens is 473 g/mol. The number of benzene rings is 2. The third kappa shape index (κ3) is 5.26. The Labute approximate surface area is 204 Å². The van der Waals surface area contributed by atoms with Crippen LogP contribution in [-0.4, -0.2) is 33.7 Å². The zero-order valence-electron chi connectivity index (χ0n) is 18.6. The lowest BCUT2D eigenvalue weighted by atomic mass is 10.1. The van der Waals surface area contributed by atoms with Gasteiger partial charge in [0.15, 0.2) is 0 Å². The van der Waals surface area contributed by atoms with Gasteiger partial charge in [-0.25, -0.2) is 19.2 Å². The van der Waals surface area contributed by atoms with Crippen molar-refractivity contribution in [2.45, 2.75) is 30.5 Å². The van der Waals surface area contributed by atoms with Crippen molar-refractivity contribution in [2.75, 3.05) is 11.9 Å². The number of thiophene rings is 1. The second-order valence-electron chi connectivity index (χ2n) is 7.32. The van der Waals surface area contributed by atoms with E-state index in [1.807, 2.05) is 12.3 Å². The van der Waals surface area contributed by atoms with E-state index < -0.39 is 11.2 Å². The fourth-order valence-electron chi connectivity index (χ4n) is 3.40. The quantitative estimate of drug-likeness (QED) is 0.178. The average Bonchev–Trinajstić information content (AvgIpc) is 3.28. The summed E-state index contributed by atoms with van der Waals surface area (Å²) in [7, 11) is 0. The van der Waals surface area contributed by atoms with E-state index in [1.165, 1.54) is 41.6 Å².